The third kappa shape index (κ3) is 1.66. The number of nitrogens with zero attached hydrogens (tertiary/aromatic N) is 1. The minimum absolute atomic E-state index is 0.195. The van der Waals surface area contributed by atoms with Crippen molar-refractivity contribution >= 4 is 11.8 Å². The summed E-state index contributed by atoms with van der Waals surface area (Å²) in [6.45, 7) is 0. The van der Waals surface area contributed by atoms with Crippen LogP contribution in [0.25, 0.3) is 0 Å². The van der Waals surface area contributed by atoms with Crippen LogP contribution in [0.15, 0.2) is 24.5 Å². The molecule has 0 saturated heterocycles. The lowest BCUT2D eigenvalue weighted by molar-refractivity contribution is -0.671. The van der Waals surface area contributed by atoms with E-state index >= 15 is 0 Å². The van der Waals surface area contributed by atoms with Gasteiger partial charge >= 0.3 is 5.97 Å². The monoisotopic (exact) mass is 166 g/mol. The highest BCUT2D eigenvalue weighted by atomic mass is 16.4. The molecule has 0 unspecified atom stereocenters. The number of aliphatic carboxylic acids is 1. The average Bonchev–Trinajstić information content (AvgIpc) is 2.04. The lowest BCUT2D eigenvalue weighted by atomic mass is 10.2. The Morgan fingerprint density at radius 2 is 1.83 bits per heavy atom. The summed E-state index contributed by atoms with van der Waals surface area (Å²) in [6.07, 6.45) is 3.24. The maximum absolute atomic E-state index is 10.8. The molecule has 0 fully saturated rings. The van der Waals surface area contributed by atoms with Crippen LogP contribution < -0.4 is 4.57 Å². The zero-order valence-corrected chi connectivity index (χ0v) is 6.52. The average molecular weight is 166 g/mol. The summed E-state index contributed by atoms with van der Waals surface area (Å²) in [5.74, 6) is -2.31. The van der Waals surface area contributed by atoms with Gasteiger partial charge in [-0.15, -0.1) is 0 Å². The van der Waals surface area contributed by atoms with Gasteiger partial charge in [0.25, 0.3) is 5.78 Å². The van der Waals surface area contributed by atoms with Gasteiger partial charge in [0.2, 0.25) is 0 Å². The predicted molar refractivity (Wildman–Crippen MR) is 39.6 cm³/mol. The first-order valence-electron chi connectivity index (χ1n) is 3.34. The highest BCUT2D eigenvalue weighted by molar-refractivity contribution is 6.39. The van der Waals surface area contributed by atoms with E-state index in [-0.39, 0.29) is 5.56 Å². The molecule has 0 amide bonds. The molecule has 0 radical (unpaired) electrons. The first kappa shape index (κ1) is 8.39. The number of aryl methyl sites for hydroxylation is 1. The van der Waals surface area contributed by atoms with E-state index in [9.17, 15) is 9.59 Å². The quantitative estimate of drug-likeness (QED) is 0.375. The van der Waals surface area contributed by atoms with Gasteiger partial charge in [0, 0.05) is 17.7 Å². The van der Waals surface area contributed by atoms with Gasteiger partial charge in [0.05, 0.1) is 0 Å². The number of aromatic nitrogens is 1. The van der Waals surface area contributed by atoms with Crippen molar-refractivity contribution in [2.75, 3.05) is 0 Å². The Balaban J connectivity index is 2.98. The number of rotatable bonds is 2. The zero-order chi connectivity index (χ0) is 9.14. The van der Waals surface area contributed by atoms with Crippen molar-refractivity contribution < 1.29 is 19.3 Å². The second kappa shape index (κ2) is 3.13. The molecule has 0 bridgehead atoms. The van der Waals surface area contributed by atoms with E-state index in [4.69, 9.17) is 5.11 Å². The highest BCUT2D eigenvalue weighted by Gasteiger charge is 2.14. The molecular weight excluding hydrogens is 158 g/mol. The normalized spacial score (nSPS) is 9.42. The van der Waals surface area contributed by atoms with E-state index in [0.29, 0.717) is 0 Å². The topological polar surface area (TPSA) is 58.2 Å². The molecule has 4 nitrogen and oxygen atoms in total. The lowest BCUT2D eigenvalue weighted by Gasteiger charge is -1.92. The first-order chi connectivity index (χ1) is 5.61. The van der Waals surface area contributed by atoms with Gasteiger partial charge in [-0.25, -0.2) is 9.36 Å². The first-order valence-corrected chi connectivity index (χ1v) is 3.34. The summed E-state index contributed by atoms with van der Waals surface area (Å²) >= 11 is 0. The van der Waals surface area contributed by atoms with Crippen molar-refractivity contribution in [2.24, 2.45) is 7.05 Å². The van der Waals surface area contributed by atoms with Crippen molar-refractivity contribution in [2.45, 2.75) is 0 Å². The van der Waals surface area contributed by atoms with Gasteiger partial charge in [-0.2, -0.15) is 0 Å². The summed E-state index contributed by atoms with van der Waals surface area (Å²) in [5.41, 5.74) is 0.195. The van der Waals surface area contributed by atoms with Crippen molar-refractivity contribution in [1.29, 1.82) is 0 Å². The van der Waals surface area contributed by atoms with Gasteiger partial charge in [-0.1, -0.05) is 0 Å². The SMILES string of the molecule is C[n+]1ccc(C(=O)C(=O)O)cc1. The highest BCUT2D eigenvalue weighted by Crippen LogP contribution is 1.96. The Morgan fingerprint density at radius 1 is 1.33 bits per heavy atom. The molecule has 1 aromatic heterocycles. The smallest absolute Gasteiger partial charge is 0.377 e. The Labute approximate surface area is 69.1 Å². The maximum Gasteiger partial charge on any atom is 0.377 e. The molecule has 1 aromatic rings. The summed E-state index contributed by atoms with van der Waals surface area (Å²) in [5, 5.41) is 8.35. The van der Waals surface area contributed by atoms with E-state index in [1.54, 1.807) is 24.0 Å². The van der Waals surface area contributed by atoms with Crippen LogP contribution in [-0.4, -0.2) is 16.9 Å². The summed E-state index contributed by atoms with van der Waals surface area (Å²) in [6, 6.07) is 2.94. The van der Waals surface area contributed by atoms with Crippen molar-refractivity contribution in [3.8, 4) is 0 Å². The second-order valence-corrected chi connectivity index (χ2v) is 2.39. The van der Waals surface area contributed by atoms with Crippen molar-refractivity contribution in [3.05, 3.63) is 30.1 Å². The minimum atomic E-state index is -1.43. The molecule has 0 saturated carbocycles. The minimum Gasteiger partial charge on any atom is -0.475 e. The van der Waals surface area contributed by atoms with Gasteiger partial charge in [-0.3, -0.25) is 4.79 Å². The molecule has 0 spiro atoms. The second-order valence-electron chi connectivity index (χ2n) is 2.39. The zero-order valence-electron chi connectivity index (χ0n) is 6.52. The third-order valence-electron chi connectivity index (χ3n) is 1.43. The number of hydrogen-bond acceptors (Lipinski definition) is 2. The van der Waals surface area contributed by atoms with E-state index in [2.05, 4.69) is 0 Å². The Hall–Kier alpha value is -1.71. The third-order valence-corrected chi connectivity index (χ3v) is 1.43. The van der Waals surface area contributed by atoms with E-state index in [1.165, 1.54) is 12.1 Å². The van der Waals surface area contributed by atoms with Crippen LogP contribution in [-0.2, 0) is 11.8 Å². The Bertz CT molecular complexity index is 316. The Kier molecular flexibility index (Phi) is 2.19. The van der Waals surface area contributed by atoms with Crippen LogP contribution in [0.4, 0.5) is 0 Å². The van der Waals surface area contributed by atoms with Gasteiger partial charge < -0.3 is 5.11 Å². The molecule has 1 N–H and O–H groups in total. The number of carbonyl (C=O) groups is 2. The molecule has 0 aliphatic carbocycles. The Morgan fingerprint density at radius 3 is 2.25 bits per heavy atom. The summed E-state index contributed by atoms with van der Waals surface area (Å²) in [4.78, 5) is 21.1. The number of hydrogen-bond donors (Lipinski definition) is 1. The molecule has 62 valence electrons. The number of ketones is 1. The van der Waals surface area contributed by atoms with Crippen molar-refractivity contribution in [3.63, 3.8) is 0 Å². The largest absolute Gasteiger partial charge is 0.475 e. The molecule has 1 heterocycles. The van der Waals surface area contributed by atoms with Crippen LogP contribution in [0.2, 0.25) is 0 Å². The van der Waals surface area contributed by atoms with E-state index < -0.39 is 11.8 Å². The fourth-order valence-electron chi connectivity index (χ4n) is 0.776. The molecule has 4 heteroatoms. The fraction of sp³-hybridized carbons (Fsp3) is 0.125. The number of Topliss-reactive ketones (excluding diaryl/α,β-unsaturated/α-hetero) is 1. The van der Waals surface area contributed by atoms with Crippen LogP contribution in [0.5, 0.6) is 0 Å². The van der Waals surface area contributed by atoms with Gasteiger partial charge in [0.15, 0.2) is 12.4 Å². The molecular formula is C8H8NO3+. The van der Waals surface area contributed by atoms with E-state index in [1.807, 2.05) is 0 Å². The van der Waals surface area contributed by atoms with Crippen LogP contribution >= 0.6 is 0 Å². The number of carbonyl (C=O) groups excluding carboxylic acids is 1. The van der Waals surface area contributed by atoms with Crippen molar-refractivity contribution in [1.82, 2.24) is 0 Å². The molecule has 12 heavy (non-hydrogen) atoms. The van der Waals surface area contributed by atoms with Gasteiger partial charge in [0.1, 0.15) is 7.05 Å². The van der Waals surface area contributed by atoms with E-state index in [0.717, 1.165) is 0 Å². The molecule has 0 aliphatic heterocycles. The summed E-state index contributed by atoms with van der Waals surface area (Å²) in [7, 11) is 1.79. The predicted octanol–water partition coefficient (Wildman–Crippen LogP) is -0.222. The lowest BCUT2D eigenvalue weighted by Crippen LogP contribution is -2.27. The molecule has 0 aliphatic rings. The standard InChI is InChI=1S/C8H7NO3/c1-9-4-2-6(3-5-9)7(10)8(11)12/h2-5H,1H3/p+1. The number of carboxylic acid groups (broad SMARTS) is 1. The molecule has 1 rings (SSSR count). The van der Waals surface area contributed by atoms with Gasteiger partial charge in [-0.05, 0) is 0 Å². The number of pyridine rings is 1. The van der Waals surface area contributed by atoms with Crippen LogP contribution in [0, 0.1) is 0 Å². The molecule has 0 atom stereocenters. The molecule has 0 aromatic carbocycles. The number of carboxylic acids is 1. The fourth-order valence-corrected chi connectivity index (χ4v) is 0.776. The van der Waals surface area contributed by atoms with Crippen LogP contribution in [0.3, 0.4) is 0 Å². The summed E-state index contributed by atoms with van der Waals surface area (Å²) < 4.78 is 1.72. The van der Waals surface area contributed by atoms with Crippen LogP contribution in [0.1, 0.15) is 10.4 Å². The maximum atomic E-state index is 10.8.